The highest BCUT2D eigenvalue weighted by Crippen LogP contribution is 2.42. The number of rotatable bonds is 6. The van der Waals surface area contributed by atoms with Gasteiger partial charge in [0, 0.05) is 19.1 Å². The molecule has 0 radical (unpaired) electrons. The Kier molecular flexibility index (Phi) is 5.80. The number of hydrogen-bond donors (Lipinski definition) is 2. The smallest absolute Gasteiger partial charge is 0.230 e. The summed E-state index contributed by atoms with van der Waals surface area (Å²) in [5.41, 5.74) is 2.15. The number of carbonyl (C=O) groups excluding carboxylic acids is 1. The Balaban J connectivity index is 1.75. The standard InChI is InChI=1S/C21H32N2O2/c1-17-6-5-7-18(14-17)21(8-3-4-9-21)19(24)23-15-20(16-25-2)10-12-22-13-11-20/h5-7,14,22H,3-4,8-13,15-16H2,1-2H3,(H,23,24). The van der Waals surface area contributed by atoms with Crippen molar-refractivity contribution in [2.24, 2.45) is 5.41 Å². The minimum Gasteiger partial charge on any atom is -0.384 e. The first-order chi connectivity index (χ1) is 12.1. The van der Waals surface area contributed by atoms with E-state index in [0.717, 1.165) is 58.2 Å². The van der Waals surface area contributed by atoms with Gasteiger partial charge in [0.25, 0.3) is 0 Å². The van der Waals surface area contributed by atoms with Crippen molar-refractivity contribution < 1.29 is 9.53 Å². The van der Waals surface area contributed by atoms with E-state index in [2.05, 4.69) is 41.8 Å². The monoisotopic (exact) mass is 344 g/mol. The molecule has 1 aromatic rings. The molecule has 4 nitrogen and oxygen atoms in total. The number of nitrogens with one attached hydrogen (secondary N) is 2. The highest BCUT2D eigenvalue weighted by atomic mass is 16.5. The molecule has 1 aliphatic carbocycles. The molecule has 1 saturated carbocycles. The summed E-state index contributed by atoms with van der Waals surface area (Å²) in [6.07, 6.45) is 6.29. The molecule has 1 saturated heterocycles. The maximum absolute atomic E-state index is 13.3. The number of aryl methyl sites for hydroxylation is 1. The van der Waals surface area contributed by atoms with E-state index >= 15 is 0 Å². The maximum Gasteiger partial charge on any atom is 0.230 e. The zero-order chi connectivity index (χ0) is 17.8. The van der Waals surface area contributed by atoms with Gasteiger partial charge in [-0.05, 0) is 51.3 Å². The molecule has 1 aliphatic heterocycles. The predicted molar refractivity (Wildman–Crippen MR) is 101 cm³/mol. The summed E-state index contributed by atoms with van der Waals surface area (Å²) in [7, 11) is 1.76. The molecule has 25 heavy (non-hydrogen) atoms. The Bertz CT molecular complexity index is 582. The van der Waals surface area contributed by atoms with Crippen LogP contribution >= 0.6 is 0 Å². The van der Waals surface area contributed by atoms with Crippen LogP contribution in [0.5, 0.6) is 0 Å². The van der Waals surface area contributed by atoms with Crippen LogP contribution in [0.3, 0.4) is 0 Å². The van der Waals surface area contributed by atoms with Crippen LogP contribution in [-0.4, -0.2) is 39.3 Å². The number of piperidine rings is 1. The Morgan fingerprint density at radius 2 is 1.92 bits per heavy atom. The molecule has 1 aromatic carbocycles. The summed E-state index contributed by atoms with van der Waals surface area (Å²) < 4.78 is 5.49. The van der Waals surface area contributed by atoms with Gasteiger partial charge >= 0.3 is 0 Å². The highest BCUT2D eigenvalue weighted by Gasteiger charge is 2.43. The largest absolute Gasteiger partial charge is 0.384 e. The van der Waals surface area contributed by atoms with Crippen molar-refractivity contribution in [1.82, 2.24) is 10.6 Å². The van der Waals surface area contributed by atoms with Crippen LogP contribution in [0.15, 0.2) is 24.3 Å². The van der Waals surface area contributed by atoms with Gasteiger partial charge in [0.15, 0.2) is 0 Å². The van der Waals surface area contributed by atoms with E-state index < -0.39 is 0 Å². The Morgan fingerprint density at radius 3 is 2.56 bits per heavy atom. The van der Waals surface area contributed by atoms with E-state index in [9.17, 15) is 4.79 Å². The lowest BCUT2D eigenvalue weighted by atomic mass is 9.76. The van der Waals surface area contributed by atoms with Crippen molar-refractivity contribution in [3.05, 3.63) is 35.4 Å². The first-order valence-corrected chi connectivity index (χ1v) is 9.65. The van der Waals surface area contributed by atoms with E-state index in [4.69, 9.17) is 4.74 Å². The first-order valence-electron chi connectivity index (χ1n) is 9.65. The highest BCUT2D eigenvalue weighted by molar-refractivity contribution is 5.88. The average Bonchev–Trinajstić information content (AvgIpc) is 3.12. The zero-order valence-corrected chi connectivity index (χ0v) is 15.7. The minimum atomic E-state index is -0.340. The number of ether oxygens (including phenoxy) is 1. The van der Waals surface area contributed by atoms with E-state index in [-0.39, 0.29) is 16.7 Å². The van der Waals surface area contributed by atoms with E-state index in [1.807, 2.05) is 0 Å². The minimum absolute atomic E-state index is 0.0715. The summed E-state index contributed by atoms with van der Waals surface area (Å²) in [4.78, 5) is 13.3. The van der Waals surface area contributed by atoms with Crippen molar-refractivity contribution in [1.29, 1.82) is 0 Å². The second kappa shape index (κ2) is 7.88. The van der Waals surface area contributed by atoms with Crippen LogP contribution in [0, 0.1) is 12.3 Å². The predicted octanol–water partition coefficient (Wildman–Crippen LogP) is 2.94. The Labute approximate surface area is 151 Å². The van der Waals surface area contributed by atoms with Crippen molar-refractivity contribution in [3.8, 4) is 0 Å². The molecule has 0 spiro atoms. The molecule has 1 amide bonds. The fraction of sp³-hybridized carbons (Fsp3) is 0.667. The number of carbonyl (C=O) groups is 1. The van der Waals surface area contributed by atoms with Gasteiger partial charge in [-0.25, -0.2) is 0 Å². The van der Waals surface area contributed by atoms with Gasteiger partial charge in [-0.2, -0.15) is 0 Å². The van der Waals surface area contributed by atoms with Gasteiger partial charge < -0.3 is 15.4 Å². The molecular formula is C21H32N2O2. The lowest BCUT2D eigenvalue weighted by Crippen LogP contribution is -2.51. The van der Waals surface area contributed by atoms with E-state index in [1.54, 1.807) is 7.11 Å². The van der Waals surface area contributed by atoms with E-state index in [0.29, 0.717) is 6.61 Å². The van der Waals surface area contributed by atoms with Crippen LogP contribution in [0.25, 0.3) is 0 Å². The zero-order valence-electron chi connectivity index (χ0n) is 15.7. The van der Waals surface area contributed by atoms with Crippen LogP contribution in [0.4, 0.5) is 0 Å². The van der Waals surface area contributed by atoms with Gasteiger partial charge in [0.1, 0.15) is 0 Å². The van der Waals surface area contributed by atoms with Crippen molar-refractivity contribution in [2.75, 3.05) is 33.4 Å². The fourth-order valence-electron chi connectivity index (χ4n) is 4.64. The van der Waals surface area contributed by atoms with Gasteiger partial charge in [-0.15, -0.1) is 0 Å². The van der Waals surface area contributed by atoms with E-state index in [1.165, 1.54) is 11.1 Å². The first kappa shape index (κ1) is 18.4. The molecule has 2 aliphatic rings. The van der Waals surface area contributed by atoms with Crippen molar-refractivity contribution in [3.63, 3.8) is 0 Å². The second-order valence-electron chi connectivity index (χ2n) is 8.02. The Hall–Kier alpha value is -1.39. The third-order valence-corrected chi connectivity index (χ3v) is 6.20. The van der Waals surface area contributed by atoms with Gasteiger partial charge in [-0.3, -0.25) is 4.79 Å². The van der Waals surface area contributed by atoms with Crippen LogP contribution in [0.1, 0.15) is 49.7 Å². The molecule has 0 bridgehead atoms. The van der Waals surface area contributed by atoms with Crippen LogP contribution < -0.4 is 10.6 Å². The van der Waals surface area contributed by atoms with Crippen molar-refractivity contribution >= 4 is 5.91 Å². The molecule has 0 aromatic heterocycles. The lowest BCUT2D eigenvalue weighted by molar-refractivity contribution is -0.127. The second-order valence-corrected chi connectivity index (χ2v) is 8.02. The summed E-state index contributed by atoms with van der Waals surface area (Å²) in [6, 6.07) is 8.51. The van der Waals surface area contributed by atoms with Crippen LogP contribution in [0.2, 0.25) is 0 Å². The summed E-state index contributed by atoms with van der Waals surface area (Å²) >= 11 is 0. The van der Waals surface area contributed by atoms with Gasteiger partial charge in [-0.1, -0.05) is 42.7 Å². The summed E-state index contributed by atoms with van der Waals surface area (Å²) in [5.74, 6) is 0.213. The molecule has 0 unspecified atom stereocenters. The molecule has 2 N–H and O–H groups in total. The van der Waals surface area contributed by atoms with Crippen LogP contribution in [-0.2, 0) is 14.9 Å². The number of benzene rings is 1. The lowest BCUT2D eigenvalue weighted by Gasteiger charge is -2.38. The molecule has 2 fully saturated rings. The summed E-state index contributed by atoms with van der Waals surface area (Å²) in [6.45, 7) is 5.54. The average molecular weight is 344 g/mol. The number of hydrogen-bond acceptors (Lipinski definition) is 3. The number of amides is 1. The number of methoxy groups -OCH3 is 1. The molecular weight excluding hydrogens is 312 g/mol. The van der Waals surface area contributed by atoms with Gasteiger partial charge in [0.2, 0.25) is 5.91 Å². The topological polar surface area (TPSA) is 50.4 Å². The van der Waals surface area contributed by atoms with Gasteiger partial charge in [0.05, 0.1) is 12.0 Å². The third-order valence-electron chi connectivity index (χ3n) is 6.20. The quantitative estimate of drug-likeness (QED) is 0.834. The maximum atomic E-state index is 13.3. The normalized spacial score (nSPS) is 21.8. The molecule has 3 rings (SSSR count). The summed E-state index contributed by atoms with van der Waals surface area (Å²) in [5, 5.41) is 6.74. The fourth-order valence-corrected chi connectivity index (χ4v) is 4.64. The molecule has 0 atom stereocenters. The molecule has 4 heteroatoms. The van der Waals surface area contributed by atoms with Crippen molar-refractivity contribution in [2.45, 2.75) is 50.9 Å². The third kappa shape index (κ3) is 3.90. The SMILES string of the molecule is COCC1(CNC(=O)C2(c3cccc(C)c3)CCCC2)CCNCC1. The molecule has 1 heterocycles. The molecule has 138 valence electrons. The Morgan fingerprint density at radius 1 is 1.20 bits per heavy atom.